The molecule has 10 nitrogen and oxygen atoms in total. The van der Waals surface area contributed by atoms with E-state index < -0.39 is 11.9 Å². The van der Waals surface area contributed by atoms with E-state index in [-0.39, 0.29) is 28.2 Å². The lowest BCUT2D eigenvalue weighted by molar-refractivity contribution is 0.0556. The summed E-state index contributed by atoms with van der Waals surface area (Å²) in [5, 5.41) is 24.9. The van der Waals surface area contributed by atoms with Gasteiger partial charge in [0.05, 0.1) is 31.0 Å². The number of aromatic amines is 1. The number of anilines is 1. The van der Waals surface area contributed by atoms with Gasteiger partial charge in [-0.25, -0.2) is 9.59 Å². The average Bonchev–Trinajstić information content (AvgIpc) is 3.15. The summed E-state index contributed by atoms with van der Waals surface area (Å²) in [6.45, 7) is 0. The van der Waals surface area contributed by atoms with Gasteiger partial charge in [-0.3, -0.25) is 0 Å². The van der Waals surface area contributed by atoms with E-state index in [1.54, 1.807) is 12.1 Å². The van der Waals surface area contributed by atoms with Gasteiger partial charge in [0.2, 0.25) is 5.82 Å². The lowest BCUT2D eigenvalue weighted by Gasteiger charge is -2.11. The third-order valence-corrected chi connectivity index (χ3v) is 2.94. The maximum absolute atomic E-state index is 12.0. The summed E-state index contributed by atoms with van der Waals surface area (Å²) in [4.78, 5) is 23.9. The summed E-state index contributed by atoms with van der Waals surface area (Å²) in [5.74, 6) is -1.35. The van der Waals surface area contributed by atoms with Crippen LogP contribution < -0.4 is 5.32 Å². The Hall–Kier alpha value is -3.74. The Kier molecular flexibility index (Phi) is 5.20. The Bertz CT molecular complexity index is 822. The zero-order chi connectivity index (χ0) is 17.5. The van der Waals surface area contributed by atoms with Gasteiger partial charge >= 0.3 is 11.9 Å². The van der Waals surface area contributed by atoms with Crippen molar-refractivity contribution in [1.82, 2.24) is 20.6 Å². The molecule has 0 aliphatic heterocycles. The van der Waals surface area contributed by atoms with Crippen LogP contribution in [0.1, 0.15) is 26.5 Å². The van der Waals surface area contributed by atoms with Gasteiger partial charge < -0.3 is 14.8 Å². The highest BCUT2D eigenvalue weighted by atomic mass is 16.5. The van der Waals surface area contributed by atoms with Crippen molar-refractivity contribution in [3.63, 3.8) is 0 Å². The van der Waals surface area contributed by atoms with Gasteiger partial charge in [-0.05, 0) is 17.3 Å². The van der Waals surface area contributed by atoms with Crippen molar-refractivity contribution in [1.29, 1.82) is 5.26 Å². The molecule has 2 N–H and O–H groups in total. The van der Waals surface area contributed by atoms with Crippen molar-refractivity contribution < 1.29 is 19.1 Å². The zero-order valence-corrected chi connectivity index (χ0v) is 12.7. The normalized spacial score (nSPS) is 10.6. The molecule has 0 saturated heterocycles. The first kappa shape index (κ1) is 16.6. The maximum Gasteiger partial charge on any atom is 0.340 e. The number of nitrogens with zero attached hydrogens (tertiary/aromatic N) is 4. The summed E-state index contributed by atoms with van der Waals surface area (Å²) >= 11 is 0. The number of allylic oxidation sites excluding steroid dienone is 1. The zero-order valence-electron chi connectivity index (χ0n) is 12.7. The fourth-order valence-corrected chi connectivity index (χ4v) is 1.85. The molecule has 24 heavy (non-hydrogen) atoms. The number of hydrogen-bond acceptors (Lipinski definition) is 9. The number of methoxy groups -OCH3 is 2. The molecule has 10 heteroatoms. The molecule has 0 fully saturated rings. The number of carbonyl (C=O) groups is 2. The standard InChI is InChI=1S/C14H12N6O4/c1-23-13(21)9-4-3-5-10(11(9)14(22)24-2)16-7-8(6-15)12-17-19-20-18-12/h3-5,7,16H,1-2H3,(H,17,18,19,20). The number of H-pyrrole nitrogens is 1. The fraction of sp³-hybridized carbons (Fsp3) is 0.143. The second-order valence-electron chi connectivity index (χ2n) is 4.26. The maximum atomic E-state index is 12.0. The van der Waals surface area contributed by atoms with Gasteiger partial charge in [-0.2, -0.15) is 10.5 Å². The molecule has 1 aromatic heterocycles. The van der Waals surface area contributed by atoms with Gasteiger partial charge in [-0.1, -0.05) is 6.07 Å². The van der Waals surface area contributed by atoms with E-state index >= 15 is 0 Å². The summed E-state index contributed by atoms with van der Waals surface area (Å²) in [6, 6.07) is 6.41. The van der Waals surface area contributed by atoms with Crippen molar-refractivity contribution in [2.75, 3.05) is 19.5 Å². The van der Waals surface area contributed by atoms with Crippen LogP contribution in [0.5, 0.6) is 0 Å². The minimum atomic E-state index is -0.732. The fourth-order valence-electron chi connectivity index (χ4n) is 1.85. The number of ether oxygens (including phenoxy) is 2. The van der Waals surface area contributed by atoms with Crippen molar-refractivity contribution in [2.24, 2.45) is 0 Å². The van der Waals surface area contributed by atoms with E-state index in [4.69, 9.17) is 10.00 Å². The van der Waals surface area contributed by atoms with Gasteiger partial charge in [-0.15, -0.1) is 10.2 Å². The van der Waals surface area contributed by atoms with E-state index in [0.717, 1.165) is 0 Å². The predicted molar refractivity (Wildman–Crippen MR) is 80.5 cm³/mol. The van der Waals surface area contributed by atoms with Crippen LogP contribution >= 0.6 is 0 Å². The van der Waals surface area contributed by atoms with Crippen molar-refractivity contribution in [2.45, 2.75) is 0 Å². The number of benzene rings is 1. The Morgan fingerprint density at radius 2 is 2.04 bits per heavy atom. The van der Waals surface area contributed by atoms with Gasteiger partial charge in [0.25, 0.3) is 0 Å². The predicted octanol–water partition coefficient (Wildman–Crippen LogP) is 0.749. The Morgan fingerprint density at radius 1 is 1.29 bits per heavy atom. The molecule has 0 radical (unpaired) electrons. The largest absolute Gasteiger partial charge is 0.465 e. The molecule has 0 bridgehead atoms. The van der Waals surface area contributed by atoms with E-state index in [2.05, 4.69) is 30.7 Å². The molecule has 0 aliphatic rings. The first-order chi connectivity index (χ1) is 11.6. The summed E-state index contributed by atoms with van der Waals surface area (Å²) in [5.41, 5.74) is 0.332. The number of nitrogens with one attached hydrogen (secondary N) is 2. The Balaban J connectivity index is 2.45. The lowest BCUT2D eigenvalue weighted by atomic mass is 10.1. The molecule has 0 amide bonds. The minimum Gasteiger partial charge on any atom is -0.465 e. The molecular formula is C14H12N6O4. The van der Waals surface area contributed by atoms with Crippen LogP contribution in [0.2, 0.25) is 0 Å². The van der Waals surface area contributed by atoms with Crippen molar-refractivity contribution in [3.05, 3.63) is 41.4 Å². The lowest BCUT2D eigenvalue weighted by Crippen LogP contribution is -2.14. The topological polar surface area (TPSA) is 143 Å². The van der Waals surface area contributed by atoms with Crippen LogP contribution in [0, 0.1) is 11.3 Å². The van der Waals surface area contributed by atoms with Gasteiger partial charge in [0, 0.05) is 6.20 Å². The van der Waals surface area contributed by atoms with E-state index in [0.29, 0.717) is 0 Å². The monoisotopic (exact) mass is 328 g/mol. The highest BCUT2D eigenvalue weighted by Gasteiger charge is 2.22. The van der Waals surface area contributed by atoms with Crippen LogP contribution in [-0.2, 0) is 9.47 Å². The molecule has 0 saturated carbocycles. The number of aromatic nitrogens is 4. The molecule has 0 unspecified atom stereocenters. The smallest absolute Gasteiger partial charge is 0.340 e. The molecule has 1 heterocycles. The molecule has 0 atom stereocenters. The molecule has 1 aromatic carbocycles. The molecule has 122 valence electrons. The van der Waals surface area contributed by atoms with Gasteiger partial charge in [0.15, 0.2) is 0 Å². The first-order valence-electron chi connectivity index (χ1n) is 6.52. The molecule has 2 aromatic rings. The van der Waals surface area contributed by atoms with Crippen LogP contribution in [0.3, 0.4) is 0 Å². The van der Waals surface area contributed by atoms with Crippen LogP contribution in [0.25, 0.3) is 5.57 Å². The number of carbonyl (C=O) groups excluding carboxylic acids is 2. The number of tetrazole rings is 1. The Labute approximate surface area is 136 Å². The quantitative estimate of drug-likeness (QED) is 0.600. The van der Waals surface area contributed by atoms with Crippen molar-refractivity contribution >= 4 is 23.2 Å². The average molecular weight is 328 g/mol. The van der Waals surface area contributed by atoms with Crippen LogP contribution in [0.4, 0.5) is 5.69 Å². The minimum absolute atomic E-state index is 0.0199. The van der Waals surface area contributed by atoms with E-state index in [9.17, 15) is 9.59 Å². The number of rotatable bonds is 5. The Morgan fingerprint density at radius 3 is 2.62 bits per heavy atom. The van der Waals surface area contributed by atoms with Gasteiger partial charge in [0.1, 0.15) is 11.6 Å². The van der Waals surface area contributed by atoms with Crippen molar-refractivity contribution in [3.8, 4) is 6.07 Å². The highest BCUT2D eigenvalue weighted by Crippen LogP contribution is 2.23. The van der Waals surface area contributed by atoms with E-state index in [1.165, 1.54) is 26.5 Å². The summed E-state index contributed by atoms with van der Waals surface area (Å²) in [6.07, 6.45) is 1.29. The third-order valence-electron chi connectivity index (χ3n) is 2.94. The van der Waals surface area contributed by atoms with Crippen LogP contribution in [-0.4, -0.2) is 46.8 Å². The highest BCUT2D eigenvalue weighted by molar-refractivity contribution is 6.07. The summed E-state index contributed by atoms with van der Waals surface area (Å²) < 4.78 is 9.36. The molecule has 0 aliphatic carbocycles. The second-order valence-corrected chi connectivity index (χ2v) is 4.26. The number of esters is 2. The SMILES string of the molecule is COC(=O)c1cccc(NC=C(C#N)c2nn[nH]n2)c1C(=O)OC. The third kappa shape index (κ3) is 3.36. The number of hydrogen-bond donors (Lipinski definition) is 2. The number of nitriles is 1. The van der Waals surface area contributed by atoms with E-state index in [1.807, 2.05) is 6.07 Å². The second kappa shape index (κ2) is 7.50. The summed E-state index contributed by atoms with van der Waals surface area (Å²) in [7, 11) is 2.39. The molecule has 2 rings (SSSR count). The molecular weight excluding hydrogens is 316 g/mol. The molecule has 0 spiro atoms. The first-order valence-corrected chi connectivity index (χ1v) is 6.52. The van der Waals surface area contributed by atoms with Crippen LogP contribution in [0.15, 0.2) is 24.4 Å².